The van der Waals surface area contributed by atoms with Crippen LogP contribution in [0.1, 0.15) is 16.7 Å². The van der Waals surface area contributed by atoms with Gasteiger partial charge in [-0.3, -0.25) is 0 Å². The van der Waals surface area contributed by atoms with Crippen molar-refractivity contribution in [3.05, 3.63) is 89.5 Å². The number of aliphatic hydroxyl groups is 1. The Labute approximate surface area is 285 Å². The molecule has 6 rings (SSSR count). The summed E-state index contributed by atoms with van der Waals surface area (Å²) in [5.74, 6) is 0. The molecule has 0 aliphatic carbocycles. The van der Waals surface area contributed by atoms with Gasteiger partial charge in [-0.25, -0.2) is 39.3 Å². The molecule has 0 fully saturated rings. The lowest BCUT2D eigenvalue weighted by Gasteiger charge is -2.28. The quantitative estimate of drug-likeness (QED) is 0.176. The van der Waals surface area contributed by atoms with Crippen LogP contribution in [0, 0.1) is 20.8 Å². The zero-order valence-electron chi connectivity index (χ0n) is 26.5. The van der Waals surface area contributed by atoms with Gasteiger partial charge < -0.3 is 5.11 Å². The normalized spacial score (nSPS) is 12.7. The van der Waals surface area contributed by atoms with Gasteiger partial charge in [0.2, 0.25) is 29.5 Å². The summed E-state index contributed by atoms with van der Waals surface area (Å²) in [6.07, 6.45) is 0. The number of nitrogens with zero attached hydrogens (tertiary/aromatic N) is 12. The number of tetrazole rings is 3. The predicted molar refractivity (Wildman–Crippen MR) is 168 cm³/mol. The molecule has 0 spiro atoms. The van der Waals surface area contributed by atoms with Crippen molar-refractivity contribution in [2.75, 3.05) is 0 Å². The van der Waals surface area contributed by atoms with Gasteiger partial charge in [0.1, 0.15) is 5.60 Å². The van der Waals surface area contributed by atoms with Crippen LogP contribution < -0.4 is 0 Å². The van der Waals surface area contributed by atoms with Crippen LogP contribution in [0.4, 0.5) is 0 Å². The summed E-state index contributed by atoms with van der Waals surface area (Å²) in [5, 5.41) is 43.2. The van der Waals surface area contributed by atoms with Crippen LogP contribution in [-0.2, 0) is 49.1 Å². The zero-order valence-corrected chi connectivity index (χ0v) is 29.0. The molecule has 1 N–H and O–H groups in total. The van der Waals surface area contributed by atoms with Crippen molar-refractivity contribution < 1.29 is 30.4 Å². The number of rotatable bonds is 12. The predicted octanol–water partition coefficient (Wildman–Crippen LogP) is 0.201. The van der Waals surface area contributed by atoms with Gasteiger partial charge in [-0.05, 0) is 88.4 Å². The first-order valence-corrected chi connectivity index (χ1v) is 19.0. The third kappa shape index (κ3) is 6.64. The van der Waals surface area contributed by atoms with E-state index >= 15 is 0 Å². The molecule has 6 aromatic rings. The van der Waals surface area contributed by atoms with E-state index in [9.17, 15) is 30.4 Å². The van der Waals surface area contributed by atoms with Crippen molar-refractivity contribution in [2.45, 2.75) is 76.2 Å². The molecule has 0 unspecified atom stereocenters. The first-order valence-electron chi connectivity index (χ1n) is 14.6. The van der Waals surface area contributed by atoms with Crippen LogP contribution in [0.15, 0.2) is 103 Å². The van der Waals surface area contributed by atoms with Crippen LogP contribution in [0.3, 0.4) is 0 Å². The third-order valence-electron chi connectivity index (χ3n) is 7.54. The fourth-order valence-electron chi connectivity index (χ4n) is 4.92. The van der Waals surface area contributed by atoms with E-state index in [1.54, 1.807) is 57.2 Å². The van der Waals surface area contributed by atoms with Crippen LogP contribution >= 0.6 is 0 Å². The monoisotopic (exact) mass is 740 g/mol. The minimum absolute atomic E-state index is 0.137. The molecule has 0 atom stereocenters. The van der Waals surface area contributed by atoms with Gasteiger partial charge in [-0.2, -0.15) is 0 Å². The topological polar surface area (TPSA) is 253 Å². The molecule has 0 saturated heterocycles. The summed E-state index contributed by atoms with van der Waals surface area (Å²) in [6, 6.07) is 17.7. The van der Waals surface area contributed by atoms with E-state index in [4.69, 9.17) is 0 Å². The molecule has 3 aromatic carbocycles. The van der Waals surface area contributed by atoms with Crippen LogP contribution in [0.2, 0.25) is 0 Å². The maximum atomic E-state index is 13.6. The maximum Gasteiger partial charge on any atom is 0.272 e. The van der Waals surface area contributed by atoms with Crippen LogP contribution in [-0.4, -0.2) is 96.6 Å². The van der Waals surface area contributed by atoms with Gasteiger partial charge in [0.05, 0.1) is 34.3 Å². The molecule has 50 heavy (non-hydrogen) atoms. The summed E-state index contributed by atoms with van der Waals surface area (Å²) in [5.41, 5.74) is 0.0445. The molecule has 0 saturated carbocycles. The lowest BCUT2D eigenvalue weighted by molar-refractivity contribution is -0.0261. The highest BCUT2D eigenvalue weighted by Crippen LogP contribution is 2.26. The Bertz CT molecular complexity index is 2220. The van der Waals surface area contributed by atoms with E-state index in [0.29, 0.717) is 0 Å². The van der Waals surface area contributed by atoms with Gasteiger partial charge in [0, 0.05) is 0 Å². The van der Waals surface area contributed by atoms with E-state index in [0.717, 1.165) is 30.7 Å². The van der Waals surface area contributed by atoms with E-state index in [1.807, 2.05) is 0 Å². The van der Waals surface area contributed by atoms with Gasteiger partial charge in [-0.15, -0.1) is 0 Å². The van der Waals surface area contributed by atoms with E-state index in [-0.39, 0.29) is 14.7 Å². The van der Waals surface area contributed by atoms with Crippen molar-refractivity contribution in [2.24, 2.45) is 0 Å². The maximum absolute atomic E-state index is 13.6. The number of benzene rings is 3. The molecule has 0 bridgehead atoms. The van der Waals surface area contributed by atoms with Crippen molar-refractivity contribution in [3.8, 4) is 0 Å². The summed E-state index contributed by atoms with van der Waals surface area (Å²) in [4.78, 5) is -0.412. The third-order valence-corrected chi connectivity index (χ3v) is 12.5. The highest BCUT2D eigenvalue weighted by atomic mass is 32.2. The Morgan fingerprint density at radius 1 is 0.480 bits per heavy atom. The summed E-state index contributed by atoms with van der Waals surface area (Å²) >= 11 is 0. The first-order chi connectivity index (χ1) is 23.6. The molecule has 19 nitrogen and oxygen atoms in total. The molecule has 0 radical (unpaired) electrons. The molecule has 3 aromatic heterocycles. The fraction of sp³-hybridized carbons (Fsp3) is 0.250. The summed E-state index contributed by atoms with van der Waals surface area (Å²) < 4.78 is 84.0. The Morgan fingerprint density at radius 2 is 0.720 bits per heavy atom. The number of sulfone groups is 3. The lowest BCUT2D eigenvalue weighted by atomic mass is 10.0. The zero-order chi connectivity index (χ0) is 35.9. The molecule has 3 heterocycles. The van der Waals surface area contributed by atoms with Gasteiger partial charge in [-0.1, -0.05) is 68.4 Å². The van der Waals surface area contributed by atoms with Crippen molar-refractivity contribution in [1.29, 1.82) is 0 Å². The van der Waals surface area contributed by atoms with Crippen LogP contribution in [0.25, 0.3) is 0 Å². The molecule has 22 heteroatoms. The highest BCUT2D eigenvalue weighted by molar-refractivity contribution is 7.91. The Balaban J connectivity index is 1.43. The summed E-state index contributed by atoms with van der Waals surface area (Å²) in [7, 11) is -13.1. The number of aryl methyl sites for hydroxylation is 3. The number of hydrogen-bond donors (Lipinski definition) is 1. The minimum atomic E-state index is -4.35. The van der Waals surface area contributed by atoms with E-state index in [2.05, 4.69) is 46.6 Å². The van der Waals surface area contributed by atoms with Crippen molar-refractivity contribution >= 4 is 29.5 Å². The first kappa shape index (κ1) is 34.5. The van der Waals surface area contributed by atoms with E-state index in [1.165, 1.54) is 36.4 Å². The smallest absolute Gasteiger partial charge is 0.272 e. The van der Waals surface area contributed by atoms with Crippen molar-refractivity contribution in [1.82, 2.24) is 60.6 Å². The second kappa shape index (κ2) is 12.9. The SMILES string of the molecule is Cc1ccc(S(=O)(=O)c2nnnn2CC(O)(Cn2nnnc2S(=O)(=O)c2ccc(C)cc2)Cn2nnnc2S(=O)(=O)c2ccc(C)cc2)cc1. The van der Waals surface area contributed by atoms with Crippen LogP contribution in [0.5, 0.6) is 0 Å². The Hall–Kier alpha value is -5.32. The number of aromatic nitrogens is 12. The van der Waals surface area contributed by atoms with Gasteiger partial charge in [0.25, 0.3) is 15.5 Å². The fourth-order valence-corrected chi connectivity index (χ4v) is 8.60. The molecule has 0 aliphatic heterocycles. The minimum Gasteiger partial charge on any atom is -0.384 e. The highest BCUT2D eigenvalue weighted by Gasteiger charge is 2.39. The van der Waals surface area contributed by atoms with E-state index < -0.39 is 70.2 Å². The second-order valence-corrected chi connectivity index (χ2v) is 17.1. The average Bonchev–Trinajstić information content (AvgIpc) is 3.84. The van der Waals surface area contributed by atoms with Gasteiger partial charge >= 0.3 is 0 Å². The Morgan fingerprint density at radius 3 is 0.960 bits per heavy atom. The largest absolute Gasteiger partial charge is 0.384 e. The second-order valence-electron chi connectivity index (χ2n) is 11.5. The molecule has 260 valence electrons. The summed E-state index contributed by atoms with van der Waals surface area (Å²) in [6.45, 7) is 3.06. The molecule has 0 aliphatic rings. The Kier molecular flexibility index (Phi) is 8.88. The molecule has 0 amide bonds. The van der Waals surface area contributed by atoms with Gasteiger partial charge in [0.15, 0.2) is 0 Å². The number of hydrogen-bond acceptors (Lipinski definition) is 16. The molecular formula is C28H28N12O7S3. The molecular weight excluding hydrogens is 713 g/mol. The lowest BCUT2D eigenvalue weighted by Crippen LogP contribution is -2.45. The van der Waals surface area contributed by atoms with Crippen molar-refractivity contribution in [3.63, 3.8) is 0 Å². The standard InChI is InChI=1S/C28H28N12O7S3/c1-19-4-10-22(11-5-19)48(42,43)25-29-32-35-38(25)16-28(41,17-39-26(30-33-36-39)49(44,45)23-12-6-20(2)7-13-23)18-40-27(31-34-37-40)50(46,47)24-14-8-21(3)9-15-24/h4-15,41H,16-18H2,1-3H3. The average molecular weight is 741 g/mol.